The Bertz CT molecular complexity index is 1400. The van der Waals surface area contributed by atoms with Crippen molar-refractivity contribution >= 4 is 29.0 Å². The molecule has 204 valence electrons. The lowest BCUT2D eigenvalue weighted by molar-refractivity contribution is -0.318. The van der Waals surface area contributed by atoms with Crippen LogP contribution in [0.4, 0.5) is 26.3 Å². The van der Waals surface area contributed by atoms with E-state index in [1.807, 2.05) is 13.8 Å². The van der Waals surface area contributed by atoms with Gasteiger partial charge in [-0.2, -0.15) is 31.3 Å². The minimum Gasteiger partial charge on any atom is -0.298 e. The molecule has 0 bridgehead atoms. The number of aromatic amines is 1. The molecule has 0 aliphatic rings. The van der Waals surface area contributed by atoms with Gasteiger partial charge in [-0.3, -0.25) is 9.78 Å². The second-order valence-corrected chi connectivity index (χ2v) is 9.89. The highest BCUT2D eigenvalue weighted by Crippen LogP contribution is 2.51. The van der Waals surface area contributed by atoms with Crippen molar-refractivity contribution in [3.8, 4) is 22.8 Å². The van der Waals surface area contributed by atoms with Gasteiger partial charge in [-0.25, -0.2) is 9.78 Å². The Hall–Kier alpha value is -2.92. The molecule has 0 amide bonds. The third kappa shape index (κ3) is 5.88. The maximum absolute atomic E-state index is 13.2. The molecular formula is C25H21Cl2F6N3O2. The molecule has 2 aromatic carbocycles. The zero-order chi connectivity index (χ0) is 28.6. The van der Waals surface area contributed by atoms with E-state index in [9.17, 15) is 35.9 Å². The zero-order valence-corrected chi connectivity index (χ0v) is 21.7. The van der Waals surface area contributed by atoms with Gasteiger partial charge >= 0.3 is 18.0 Å². The van der Waals surface area contributed by atoms with E-state index < -0.39 is 42.1 Å². The summed E-state index contributed by atoms with van der Waals surface area (Å²) in [5, 5.41) is 0.612. The second-order valence-electron chi connectivity index (χ2n) is 9.07. The molecular weight excluding hydrogens is 559 g/mol. The van der Waals surface area contributed by atoms with Gasteiger partial charge in [0.2, 0.25) is 5.41 Å². The molecule has 1 N–H and O–H groups in total. The Labute approximate surface area is 223 Å². The Morgan fingerprint density at radius 3 is 2.13 bits per heavy atom. The summed E-state index contributed by atoms with van der Waals surface area (Å²) in [7, 11) is 0. The van der Waals surface area contributed by atoms with E-state index in [1.54, 1.807) is 18.2 Å². The number of halogens is 8. The molecule has 1 aromatic heterocycles. The first-order valence-corrected chi connectivity index (χ1v) is 11.9. The van der Waals surface area contributed by atoms with Crippen molar-refractivity contribution in [1.82, 2.24) is 15.0 Å². The Kier molecular flexibility index (Phi) is 8.33. The summed E-state index contributed by atoms with van der Waals surface area (Å²) in [6, 6.07) is 9.01. The van der Waals surface area contributed by atoms with E-state index in [1.165, 1.54) is 18.2 Å². The number of rotatable bonds is 7. The third-order valence-corrected chi connectivity index (χ3v) is 6.82. The van der Waals surface area contributed by atoms with Crippen LogP contribution < -0.4 is 5.69 Å². The summed E-state index contributed by atoms with van der Waals surface area (Å²) >= 11 is 12.5. The molecule has 0 atom stereocenters. The summed E-state index contributed by atoms with van der Waals surface area (Å²) in [4.78, 5) is 35.1. The number of H-pyrrole nitrogens is 1. The van der Waals surface area contributed by atoms with Gasteiger partial charge in [0, 0.05) is 22.6 Å². The quantitative estimate of drug-likeness (QED) is 0.293. The minimum absolute atomic E-state index is 0.0327. The van der Waals surface area contributed by atoms with Crippen LogP contribution in [0.25, 0.3) is 22.8 Å². The lowest BCUT2D eigenvalue weighted by atomic mass is 9.81. The molecule has 38 heavy (non-hydrogen) atoms. The normalized spacial score (nSPS) is 12.7. The van der Waals surface area contributed by atoms with Gasteiger partial charge in [0.05, 0.1) is 5.02 Å². The number of ketones is 1. The van der Waals surface area contributed by atoms with Crippen LogP contribution in [-0.4, -0.2) is 33.1 Å². The number of carbonyl (C=O) groups is 1. The number of nitrogens with zero attached hydrogens (tertiary/aromatic N) is 2. The number of Topliss-reactive ketones (excluding diaryl/α,β-unsaturated/α-hetero) is 1. The summed E-state index contributed by atoms with van der Waals surface area (Å²) in [6.45, 7) is 3.69. The summed E-state index contributed by atoms with van der Waals surface area (Å²) in [5.74, 6) is -1.94. The molecule has 0 saturated heterocycles. The van der Waals surface area contributed by atoms with Crippen molar-refractivity contribution in [1.29, 1.82) is 0 Å². The largest absolute Gasteiger partial charge is 0.409 e. The van der Waals surface area contributed by atoms with Gasteiger partial charge in [0.25, 0.3) is 0 Å². The summed E-state index contributed by atoms with van der Waals surface area (Å²) in [5.41, 5.74) is -3.64. The first-order chi connectivity index (χ1) is 17.5. The van der Waals surface area contributed by atoms with E-state index in [0.29, 0.717) is 10.6 Å². The topological polar surface area (TPSA) is 75.7 Å². The van der Waals surface area contributed by atoms with Crippen molar-refractivity contribution in [2.24, 2.45) is 5.41 Å². The molecule has 1 heterocycles. The van der Waals surface area contributed by atoms with E-state index in [-0.39, 0.29) is 40.6 Å². The predicted molar refractivity (Wildman–Crippen MR) is 131 cm³/mol. The highest BCUT2D eigenvalue weighted by Gasteiger charge is 2.71. The number of aryl methyl sites for hydroxylation is 1. The SMILES string of the molecule is CC(C)c1cc(-c2nc(-c3cc(CCC(=O)C(C)(C(F)(F)F)C(F)(F)F)ccc3Cl)[nH]c(=O)n2)ccc1Cl. The number of aromatic nitrogens is 3. The lowest BCUT2D eigenvalue weighted by Gasteiger charge is -2.32. The number of benzene rings is 2. The molecule has 13 heteroatoms. The van der Waals surface area contributed by atoms with Crippen LogP contribution in [0.2, 0.25) is 10.0 Å². The van der Waals surface area contributed by atoms with Crippen molar-refractivity contribution in [2.75, 3.05) is 0 Å². The van der Waals surface area contributed by atoms with Crippen LogP contribution in [0.3, 0.4) is 0 Å². The first kappa shape index (κ1) is 29.6. The van der Waals surface area contributed by atoms with Gasteiger partial charge < -0.3 is 0 Å². The van der Waals surface area contributed by atoms with Crippen molar-refractivity contribution in [3.63, 3.8) is 0 Å². The highest BCUT2D eigenvalue weighted by atomic mass is 35.5. The van der Waals surface area contributed by atoms with Gasteiger partial charge in [-0.05, 0) is 60.7 Å². The van der Waals surface area contributed by atoms with Crippen LogP contribution in [0, 0.1) is 5.41 Å². The summed E-state index contributed by atoms with van der Waals surface area (Å²) in [6.07, 6.45) is -13.1. The molecule has 3 aromatic rings. The van der Waals surface area contributed by atoms with Crippen LogP contribution in [-0.2, 0) is 11.2 Å². The first-order valence-electron chi connectivity index (χ1n) is 11.2. The molecule has 0 aliphatic heterocycles. The van der Waals surface area contributed by atoms with E-state index in [0.717, 1.165) is 5.56 Å². The summed E-state index contributed by atoms with van der Waals surface area (Å²) < 4.78 is 79.2. The smallest absolute Gasteiger partial charge is 0.298 e. The van der Waals surface area contributed by atoms with Crippen LogP contribution in [0.1, 0.15) is 44.2 Å². The molecule has 0 unspecified atom stereocenters. The number of hydrogen-bond donors (Lipinski definition) is 1. The average Bonchev–Trinajstić information content (AvgIpc) is 2.81. The molecule has 5 nitrogen and oxygen atoms in total. The number of carbonyl (C=O) groups excluding carboxylic acids is 1. The highest BCUT2D eigenvalue weighted by molar-refractivity contribution is 6.33. The van der Waals surface area contributed by atoms with Crippen LogP contribution in [0.15, 0.2) is 41.2 Å². The Balaban J connectivity index is 1.96. The molecule has 0 aliphatic carbocycles. The predicted octanol–water partition coefficient (Wildman–Crippen LogP) is 7.56. The fraction of sp³-hybridized carbons (Fsp3) is 0.360. The number of nitrogens with one attached hydrogen (secondary N) is 1. The van der Waals surface area contributed by atoms with E-state index in [2.05, 4.69) is 15.0 Å². The van der Waals surface area contributed by atoms with Gasteiger partial charge in [-0.1, -0.05) is 43.1 Å². The fourth-order valence-corrected chi connectivity index (χ4v) is 4.20. The molecule has 3 rings (SSSR count). The Morgan fingerprint density at radius 2 is 1.55 bits per heavy atom. The maximum Gasteiger partial charge on any atom is 0.409 e. The molecule has 0 spiro atoms. The van der Waals surface area contributed by atoms with Crippen LogP contribution >= 0.6 is 23.2 Å². The number of hydrogen-bond acceptors (Lipinski definition) is 4. The fourth-order valence-electron chi connectivity index (χ4n) is 3.66. The monoisotopic (exact) mass is 579 g/mol. The van der Waals surface area contributed by atoms with Gasteiger partial charge in [-0.15, -0.1) is 0 Å². The maximum atomic E-state index is 13.2. The third-order valence-electron chi connectivity index (χ3n) is 6.14. The molecule has 0 radical (unpaired) electrons. The second kappa shape index (κ2) is 10.7. The van der Waals surface area contributed by atoms with Crippen LogP contribution in [0.5, 0.6) is 0 Å². The average molecular weight is 580 g/mol. The minimum atomic E-state index is -5.82. The Morgan fingerprint density at radius 1 is 0.947 bits per heavy atom. The van der Waals surface area contributed by atoms with E-state index >= 15 is 0 Å². The lowest BCUT2D eigenvalue weighted by Crippen LogP contribution is -2.53. The standard InChI is InChI=1S/C25H21Cl2F6N3O2/c1-12(2)15-11-14(6-8-17(15)26)20-34-21(36-22(38)35-20)16-10-13(4-7-18(16)27)5-9-19(37)23(3,24(28,29)30)25(31,32)33/h4,6-8,10-12H,5,9H2,1-3H3,(H,34,35,36,38). The van der Waals surface area contributed by atoms with Crippen molar-refractivity contribution < 1.29 is 31.1 Å². The zero-order valence-electron chi connectivity index (χ0n) is 20.2. The molecule has 0 fully saturated rings. The number of alkyl halides is 6. The molecule has 0 saturated carbocycles. The van der Waals surface area contributed by atoms with Gasteiger partial charge in [0.15, 0.2) is 11.6 Å². The van der Waals surface area contributed by atoms with E-state index in [4.69, 9.17) is 23.2 Å². The van der Waals surface area contributed by atoms with Gasteiger partial charge in [0.1, 0.15) is 5.82 Å². The van der Waals surface area contributed by atoms with Crippen molar-refractivity contribution in [2.45, 2.75) is 51.9 Å². The van der Waals surface area contributed by atoms with Crippen molar-refractivity contribution in [3.05, 3.63) is 68.1 Å².